The lowest BCUT2D eigenvalue weighted by atomic mass is 10.0. The number of hydrogen-bond donors (Lipinski definition) is 1. The summed E-state index contributed by atoms with van der Waals surface area (Å²) in [6.45, 7) is 5.07. The van der Waals surface area contributed by atoms with Crippen LogP contribution in [0.5, 0.6) is 5.75 Å². The molecule has 0 heterocycles. The minimum atomic E-state index is -1.28. The van der Waals surface area contributed by atoms with Crippen molar-refractivity contribution >= 4 is 17.7 Å². The normalized spacial score (nSPS) is 10.9. The maximum absolute atomic E-state index is 12.6. The van der Waals surface area contributed by atoms with Gasteiger partial charge in [-0.3, -0.25) is 4.90 Å². The third-order valence-electron chi connectivity index (χ3n) is 3.47. The number of carboxylic acid groups (broad SMARTS) is 1. The van der Waals surface area contributed by atoms with Crippen LogP contribution in [0.1, 0.15) is 20.8 Å². The Morgan fingerprint density at radius 2 is 1.95 bits per heavy atom. The van der Waals surface area contributed by atoms with Crippen molar-refractivity contribution in [2.45, 2.75) is 26.3 Å². The number of hydrogen-bond acceptors (Lipinski definition) is 3. The van der Waals surface area contributed by atoms with E-state index in [0.717, 1.165) is 0 Å². The molecule has 0 aromatic heterocycles. The van der Waals surface area contributed by atoms with Gasteiger partial charge in [0.2, 0.25) is 0 Å². The zero-order valence-corrected chi connectivity index (χ0v) is 13.1. The highest BCUT2D eigenvalue weighted by atomic mass is 16.5. The first-order chi connectivity index (χ1) is 9.75. The molecule has 6 nitrogen and oxygen atoms in total. The number of amides is 2. The van der Waals surface area contributed by atoms with Crippen molar-refractivity contribution in [2.24, 2.45) is 0 Å². The lowest BCUT2D eigenvalue weighted by Crippen LogP contribution is -2.56. The number of carbonyl (C=O) groups excluding carboxylic acids is 1. The van der Waals surface area contributed by atoms with E-state index in [4.69, 9.17) is 4.74 Å². The molecule has 0 radical (unpaired) electrons. The molecule has 1 aromatic rings. The number of likely N-dealkylation sites (N-methyl/N-ethyl adjacent to an activating group) is 1. The minimum Gasteiger partial charge on any atom is -0.497 e. The van der Waals surface area contributed by atoms with Crippen LogP contribution in [0.3, 0.4) is 0 Å². The summed E-state index contributed by atoms with van der Waals surface area (Å²) < 4.78 is 5.13. The quantitative estimate of drug-likeness (QED) is 0.905. The molecule has 0 unspecified atom stereocenters. The van der Waals surface area contributed by atoms with Gasteiger partial charge >= 0.3 is 12.0 Å². The molecule has 0 aliphatic heterocycles. The molecule has 1 aromatic carbocycles. The summed E-state index contributed by atoms with van der Waals surface area (Å²) in [6.07, 6.45) is 0. The molecule has 6 heteroatoms. The van der Waals surface area contributed by atoms with E-state index in [9.17, 15) is 14.7 Å². The number of carboxylic acids is 1. The van der Waals surface area contributed by atoms with Crippen molar-refractivity contribution in [3.63, 3.8) is 0 Å². The molecular weight excluding hydrogens is 272 g/mol. The molecule has 0 spiro atoms. The van der Waals surface area contributed by atoms with Gasteiger partial charge in [-0.05, 0) is 32.9 Å². The Bertz CT molecular complexity index is 528. The van der Waals surface area contributed by atoms with Crippen molar-refractivity contribution in [1.82, 2.24) is 4.90 Å². The number of benzene rings is 1. The van der Waals surface area contributed by atoms with Crippen molar-refractivity contribution < 1.29 is 19.4 Å². The predicted molar refractivity (Wildman–Crippen MR) is 80.9 cm³/mol. The fourth-order valence-electron chi connectivity index (χ4n) is 2.00. The van der Waals surface area contributed by atoms with Crippen LogP contribution in [0.4, 0.5) is 10.5 Å². The molecule has 1 N–H and O–H groups in total. The molecule has 0 saturated heterocycles. The predicted octanol–water partition coefficient (Wildman–Crippen LogP) is 2.44. The lowest BCUT2D eigenvalue weighted by molar-refractivity contribution is -0.147. The number of urea groups is 1. The van der Waals surface area contributed by atoms with E-state index in [1.165, 1.54) is 23.6 Å². The zero-order valence-electron chi connectivity index (χ0n) is 13.1. The van der Waals surface area contributed by atoms with Crippen molar-refractivity contribution in [3.8, 4) is 5.75 Å². The number of methoxy groups -OCH3 is 1. The van der Waals surface area contributed by atoms with E-state index >= 15 is 0 Å². The largest absolute Gasteiger partial charge is 0.497 e. The van der Waals surface area contributed by atoms with Crippen LogP contribution in [0.25, 0.3) is 0 Å². The van der Waals surface area contributed by atoms with Crippen molar-refractivity contribution in [1.29, 1.82) is 0 Å². The average molecular weight is 294 g/mol. The van der Waals surface area contributed by atoms with Gasteiger partial charge in [0, 0.05) is 25.3 Å². The summed E-state index contributed by atoms with van der Waals surface area (Å²) in [7, 11) is 3.16. The van der Waals surface area contributed by atoms with Crippen LogP contribution in [0.2, 0.25) is 0 Å². The standard InChI is InChI=1S/C15H22N2O4/c1-6-17(15(2,3)13(18)19)14(20)16(4)11-8-7-9-12(10-11)21-5/h7-10H,6H2,1-5H3,(H,18,19). The number of rotatable bonds is 5. The van der Waals surface area contributed by atoms with Crippen LogP contribution in [-0.4, -0.2) is 48.2 Å². The molecule has 0 fully saturated rings. The highest BCUT2D eigenvalue weighted by molar-refractivity contribution is 5.95. The van der Waals surface area contributed by atoms with Gasteiger partial charge in [-0.1, -0.05) is 6.07 Å². The van der Waals surface area contributed by atoms with Crippen molar-refractivity contribution in [3.05, 3.63) is 24.3 Å². The maximum atomic E-state index is 12.6. The Kier molecular flexibility index (Phi) is 5.18. The fourth-order valence-corrected chi connectivity index (χ4v) is 2.00. The van der Waals surface area contributed by atoms with E-state index < -0.39 is 11.5 Å². The minimum absolute atomic E-state index is 0.298. The van der Waals surface area contributed by atoms with E-state index in [-0.39, 0.29) is 6.03 Å². The van der Waals surface area contributed by atoms with Crippen LogP contribution in [-0.2, 0) is 4.79 Å². The van der Waals surface area contributed by atoms with Crippen LogP contribution >= 0.6 is 0 Å². The second kappa shape index (κ2) is 6.47. The Balaban J connectivity index is 3.07. The van der Waals surface area contributed by atoms with Crippen molar-refractivity contribution in [2.75, 3.05) is 25.6 Å². The van der Waals surface area contributed by atoms with Gasteiger partial charge in [-0.15, -0.1) is 0 Å². The molecule has 1 rings (SSSR count). The van der Waals surface area contributed by atoms with Crippen LogP contribution < -0.4 is 9.64 Å². The number of nitrogens with zero attached hydrogens (tertiary/aromatic N) is 2. The van der Waals surface area contributed by atoms with E-state index in [0.29, 0.717) is 18.0 Å². The second-order valence-electron chi connectivity index (χ2n) is 5.15. The summed E-state index contributed by atoms with van der Waals surface area (Å²) in [5.74, 6) is -0.413. The first kappa shape index (κ1) is 16.8. The topological polar surface area (TPSA) is 70.1 Å². The van der Waals surface area contributed by atoms with Gasteiger partial charge in [0.1, 0.15) is 11.3 Å². The zero-order chi connectivity index (χ0) is 16.2. The Morgan fingerprint density at radius 3 is 2.43 bits per heavy atom. The van der Waals surface area contributed by atoms with Gasteiger partial charge < -0.3 is 14.7 Å². The summed E-state index contributed by atoms with van der Waals surface area (Å²) >= 11 is 0. The molecule has 21 heavy (non-hydrogen) atoms. The smallest absolute Gasteiger partial charge is 0.329 e. The van der Waals surface area contributed by atoms with Gasteiger partial charge in [0.15, 0.2) is 0 Å². The average Bonchev–Trinajstić information content (AvgIpc) is 2.46. The van der Waals surface area contributed by atoms with Gasteiger partial charge in [0.25, 0.3) is 0 Å². The van der Waals surface area contributed by atoms with E-state index in [1.807, 2.05) is 0 Å². The van der Waals surface area contributed by atoms with Gasteiger partial charge in [-0.2, -0.15) is 0 Å². The summed E-state index contributed by atoms with van der Waals surface area (Å²) in [4.78, 5) is 26.7. The van der Waals surface area contributed by atoms with E-state index in [2.05, 4.69) is 0 Å². The SMILES string of the molecule is CCN(C(=O)N(C)c1cccc(OC)c1)C(C)(C)C(=O)O. The third kappa shape index (κ3) is 3.45. The molecule has 2 amide bonds. The van der Waals surface area contributed by atoms with Gasteiger partial charge in [-0.25, -0.2) is 9.59 Å². The van der Waals surface area contributed by atoms with E-state index in [1.54, 1.807) is 45.3 Å². The Hall–Kier alpha value is -2.24. The summed E-state index contributed by atoms with van der Waals surface area (Å²) in [5.41, 5.74) is -0.641. The molecule has 0 bridgehead atoms. The Labute approximate surface area is 124 Å². The van der Waals surface area contributed by atoms with Gasteiger partial charge in [0.05, 0.1) is 7.11 Å². The second-order valence-corrected chi connectivity index (χ2v) is 5.15. The number of anilines is 1. The van der Waals surface area contributed by atoms with Crippen LogP contribution in [0, 0.1) is 0 Å². The molecule has 0 saturated carbocycles. The third-order valence-corrected chi connectivity index (χ3v) is 3.47. The summed E-state index contributed by atoms with van der Waals surface area (Å²) in [5, 5.41) is 9.29. The number of ether oxygens (including phenoxy) is 1. The monoisotopic (exact) mass is 294 g/mol. The molecule has 0 atom stereocenters. The summed E-state index contributed by atoms with van der Waals surface area (Å²) in [6, 6.07) is 6.66. The molecular formula is C15H22N2O4. The molecule has 116 valence electrons. The number of carbonyl (C=O) groups is 2. The van der Waals surface area contributed by atoms with Crippen LogP contribution in [0.15, 0.2) is 24.3 Å². The highest BCUT2D eigenvalue weighted by Crippen LogP contribution is 2.23. The first-order valence-corrected chi connectivity index (χ1v) is 6.68. The highest BCUT2D eigenvalue weighted by Gasteiger charge is 2.38. The number of aliphatic carboxylic acids is 1. The molecule has 0 aliphatic carbocycles. The molecule has 0 aliphatic rings. The lowest BCUT2D eigenvalue weighted by Gasteiger charge is -2.36. The Morgan fingerprint density at radius 1 is 1.33 bits per heavy atom. The first-order valence-electron chi connectivity index (χ1n) is 6.68. The maximum Gasteiger partial charge on any atom is 0.329 e. The fraction of sp³-hybridized carbons (Fsp3) is 0.467.